The highest BCUT2D eigenvalue weighted by Crippen LogP contribution is 2.46. The van der Waals surface area contributed by atoms with Crippen LogP contribution >= 0.6 is 11.8 Å². The fraction of sp³-hybridized carbons (Fsp3) is 0.427. The number of pyridine rings is 1. The lowest BCUT2D eigenvalue weighted by Gasteiger charge is -2.34. The zero-order chi connectivity index (χ0) is 68.9. The lowest BCUT2D eigenvalue weighted by atomic mass is 9.86. The zero-order valence-electron chi connectivity index (χ0n) is 60.3. The summed E-state index contributed by atoms with van der Waals surface area (Å²) in [5.41, 5.74) is 11.8. The molecule has 0 amide bonds. The first-order chi connectivity index (χ1) is 46.7. The SMILES string of the molecule is CC.CC.CC.CC.CC.CC.CC.CC.c1cc2c(cn1)OCN2.c1ccc2c(c1)CCC2.c1ccc2c(c1)CCCO2.c1ccc2c(c1)CCO2.c1ccc2c(c1)CCO2.c1ccc2c(c1)NCO2.c1ccc2c(c1)NCS2.c1ccc2c(c1)OCCC21CCCO1. The molecule has 0 saturated carbocycles. The van der Waals surface area contributed by atoms with E-state index in [0.717, 1.165) is 117 Å². The van der Waals surface area contributed by atoms with Crippen molar-refractivity contribution in [2.75, 3.05) is 68.3 Å². The van der Waals surface area contributed by atoms with Crippen LogP contribution in [-0.2, 0) is 42.4 Å². The maximum Gasteiger partial charge on any atom is 0.163 e. The van der Waals surface area contributed by atoms with E-state index in [-0.39, 0.29) is 5.60 Å². The molecule has 0 bridgehead atoms. The third kappa shape index (κ3) is 27.6. The topological polar surface area (TPSA) is 114 Å². The highest BCUT2D eigenvalue weighted by molar-refractivity contribution is 7.99. The molecule has 1 aromatic heterocycles. The standard InChI is InChI=1S/C12H14O2.C9H10O.C9H10.2C8H8O.C7H7NO.C7H7NS.C6H6N2O.8C2H6/c1-2-5-11-10(4-1)12(7-9-13-11)6-3-8-14-12;1-2-6-9-8(4-1)5-3-7-10-9;1-2-5-9-7-3-6-8(9)4-1;2*1-2-4-8-7(3-1)5-6-9-8;2*1-2-4-7-6(3-1)8-5-9-7;1-2-7-3-6-5(1)8-4-9-6;8*1-2/h1-2,4-5H,3,6-9H2;1-2,4,6H,3,5,7H2;1-2,4-5H,3,6-7H2;2*1-4H,5-6H2;2*1-4,8H,5H2;1-3,8H,4H2;8*1-2H3. The maximum atomic E-state index is 5.93. The molecule has 12 heteroatoms. The Hall–Kier alpha value is -7.80. The molecule has 1 atom stereocenters. The number of ether oxygens (including phenoxy) is 7. The first-order valence-corrected chi connectivity index (χ1v) is 36.4. The van der Waals surface area contributed by atoms with Gasteiger partial charge < -0.3 is 49.1 Å². The highest BCUT2D eigenvalue weighted by atomic mass is 32.2. The van der Waals surface area contributed by atoms with Crippen LogP contribution in [0, 0.1) is 0 Å². The van der Waals surface area contributed by atoms with Gasteiger partial charge in [-0.1, -0.05) is 232 Å². The van der Waals surface area contributed by atoms with Gasteiger partial charge in [-0.2, -0.15) is 0 Å². The molecular formula is C82H118N4O7S. The summed E-state index contributed by atoms with van der Waals surface area (Å²) in [5, 5.41) is 9.38. The van der Waals surface area contributed by atoms with Crippen molar-refractivity contribution in [1.82, 2.24) is 4.98 Å². The van der Waals surface area contributed by atoms with Gasteiger partial charge in [-0.05, 0) is 127 Å². The number of para-hydroxylation sites is 7. The number of aromatic nitrogens is 1. The summed E-state index contributed by atoms with van der Waals surface area (Å²) in [4.78, 5) is 5.26. The molecule has 8 aliphatic heterocycles. The van der Waals surface area contributed by atoms with Crippen molar-refractivity contribution in [2.24, 2.45) is 0 Å². The molecule has 0 radical (unpaired) electrons. The van der Waals surface area contributed by atoms with E-state index in [1.165, 1.54) is 64.9 Å². The second kappa shape index (κ2) is 52.6. The summed E-state index contributed by atoms with van der Waals surface area (Å²) in [7, 11) is 0. The Morgan fingerprint density at radius 1 is 0.330 bits per heavy atom. The van der Waals surface area contributed by atoms with Crippen LogP contribution < -0.4 is 44.4 Å². The van der Waals surface area contributed by atoms with Gasteiger partial charge >= 0.3 is 0 Å². The molecule has 7 aromatic carbocycles. The Kier molecular flexibility index (Phi) is 46.0. The van der Waals surface area contributed by atoms with E-state index in [9.17, 15) is 0 Å². The average molecular weight is 1300 g/mol. The molecule has 11 nitrogen and oxygen atoms in total. The number of aryl methyl sites for hydroxylation is 3. The van der Waals surface area contributed by atoms with E-state index in [1.807, 2.05) is 214 Å². The lowest BCUT2D eigenvalue weighted by Crippen LogP contribution is -2.31. The number of nitrogens with one attached hydrogen (secondary N) is 3. The quantitative estimate of drug-likeness (QED) is 0.134. The van der Waals surface area contributed by atoms with Crippen LogP contribution in [0.15, 0.2) is 193 Å². The smallest absolute Gasteiger partial charge is 0.163 e. The average Bonchev–Trinajstić information content (AvgIpc) is 1.43. The van der Waals surface area contributed by atoms with Gasteiger partial charge in [0.1, 0.15) is 28.7 Å². The molecule has 1 fully saturated rings. The Morgan fingerprint density at radius 3 is 1.26 bits per heavy atom. The summed E-state index contributed by atoms with van der Waals surface area (Å²) in [6, 6.07) is 59.8. The molecule has 1 unspecified atom stereocenters. The van der Waals surface area contributed by atoms with Crippen molar-refractivity contribution in [3.63, 3.8) is 0 Å². The second-order valence-electron chi connectivity index (χ2n) is 19.4. The van der Waals surface area contributed by atoms with Crippen molar-refractivity contribution in [3.05, 3.63) is 222 Å². The van der Waals surface area contributed by atoms with Crippen molar-refractivity contribution in [3.8, 4) is 34.5 Å². The number of rotatable bonds is 0. The van der Waals surface area contributed by atoms with Crippen LogP contribution in [0.5, 0.6) is 34.5 Å². The van der Waals surface area contributed by atoms with Gasteiger partial charge in [-0.3, -0.25) is 4.98 Å². The number of thioether (sulfide) groups is 1. The van der Waals surface area contributed by atoms with Crippen LogP contribution in [0.4, 0.5) is 17.1 Å². The molecule has 514 valence electrons. The van der Waals surface area contributed by atoms with Gasteiger partial charge in [0.05, 0.1) is 55.5 Å². The van der Waals surface area contributed by atoms with Crippen LogP contribution in [0.3, 0.4) is 0 Å². The molecule has 94 heavy (non-hydrogen) atoms. The highest BCUT2D eigenvalue weighted by Gasteiger charge is 2.41. The molecule has 1 saturated heterocycles. The lowest BCUT2D eigenvalue weighted by molar-refractivity contribution is -0.0300. The van der Waals surface area contributed by atoms with E-state index in [1.54, 1.807) is 23.5 Å². The minimum absolute atomic E-state index is 0.0190. The fourth-order valence-corrected chi connectivity index (χ4v) is 11.1. The molecule has 1 aliphatic carbocycles. The summed E-state index contributed by atoms with van der Waals surface area (Å²) in [5.74, 6) is 7.05. The summed E-state index contributed by atoms with van der Waals surface area (Å²) >= 11 is 1.86. The Balaban J connectivity index is 0.000000356. The monoisotopic (exact) mass is 1300 g/mol. The Bertz CT molecular complexity index is 2610. The van der Waals surface area contributed by atoms with E-state index in [2.05, 4.69) is 106 Å². The van der Waals surface area contributed by atoms with Crippen molar-refractivity contribution >= 4 is 28.8 Å². The minimum Gasteiger partial charge on any atom is -0.493 e. The van der Waals surface area contributed by atoms with Crippen LogP contribution in [-0.4, -0.2) is 57.4 Å². The van der Waals surface area contributed by atoms with E-state index >= 15 is 0 Å². The Labute approximate surface area is 573 Å². The normalized spacial score (nSPS) is 15.0. The van der Waals surface area contributed by atoms with Gasteiger partial charge in [-0.15, -0.1) is 11.8 Å². The van der Waals surface area contributed by atoms with Gasteiger partial charge in [0, 0.05) is 48.2 Å². The van der Waals surface area contributed by atoms with E-state index in [0.29, 0.717) is 13.5 Å². The van der Waals surface area contributed by atoms with Crippen LogP contribution in [0.2, 0.25) is 0 Å². The predicted octanol–water partition coefficient (Wildman–Crippen LogP) is 22.6. The number of nitrogens with zero attached hydrogens (tertiary/aromatic N) is 1. The van der Waals surface area contributed by atoms with Crippen molar-refractivity contribution < 1.29 is 33.2 Å². The third-order valence-corrected chi connectivity index (χ3v) is 15.3. The first-order valence-electron chi connectivity index (χ1n) is 35.4. The van der Waals surface area contributed by atoms with Crippen LogP contribution in [0.25, 0.3) is 0 Å². The summed E-state index contributed by atoms with van der Waals surface area (Å²) in [6.07, 6.45) is 15.2. The van der Waals surface area contributed by atoms with Crippen molar-refractivity contribution in [2.45, 2.75) is 185 Å². The van der Waals surface area contributed by atoms with E-state index < -0.39 is 0 Å². The molecule has 9 aliphatic rings. The van der Waals surface area contributed by atoms with E-state index in [4.69, 9.17) is 33.2 Å². The Morgan fingerprint density at radius 2 is 0.755 bits per heavy atom. The molecule has 1 spiro atoms. The number of hydrogen-bond acceptors (Lipinski definition) is 12. The maximum absolute atomic E-state index is 5.93. The largest absolute Gasteiger partial charge is 0.493 e. The number of hydrogen-bond donors (Lipinski definition) is 3. The van der Waals surface area contributed by atoms with Crippen LogP contribution in [0.1, 0.15) is 176 Å². The summed E-state index contributed by atoms with van der Waals surface area (Å²) < 4.78 is 37.9. The number of anilines is 3. The predicted molar refractivity (Wildman–Crippen MR) is 404 cm³/mol. The molecule has 3 N–H and O–H groups in total. The van der Waals surface area contributed by atoms with Gasteiger partial charge in [0.2, 0.25) is 0 Å². The molecule has 17 rings (SSSR count). The third-order valence-electron chi connectivity index (χ3n) is 14.3. The fourth-order valence-electron chi connectivity index (χ4n) is 10.3. The van der Waals surface area contributed by atoms with Gasteiger partial charge in [0.15, 0.2) is 19.2 Å². The van der Waals surface area contributed by atoms with Gasteiger partial charge in [-0.25, -0.2) is 0 Å². The minimum atomic E-state index is -0.0190. The first kappa shape index (κ1) is 82.3. The zero-order valence-corrected chi connectivity index (χ0v) is 61.2. The molecule has 8 aromatic rings. The van der Waals surface area contributed by atoms with Crippen molar-refractivity contribution in [1.29, 1.82) is 0 Å². The molecule has 9 heterocycles. The molecular weight excluding hydrogens is 1180 g/mol. The number of benzene rings is 7. The summed E-state index contributed by atoms with van der Waals surface area (Å²) in [6.45, 7) is 37.5. The second-order valence-corrected chi connectivity index (χ2v) is 20.4. The number of fused-ring (bicyclic) bond motifs is 9. The van der Waals surface area contributed by atoms with Gasteiger partial charge in [0.25, 0.3) is 0 Å².